The molecule has 1 aliphatic heterocycles. The van der Waals surface area contributed by atoms with E-state index in [1.54, 1.807) is 0 Å². The van der Waals surface area contributed by atoms with Crippen molar-refractivity contribution < 1.29 is 0 Å². The van der Waals surface area contributed by atoms with E-state index >= 15 is 0 Å². The van der Waals surface area contributed by atoms with Crippen LogP contribution in [-0.4, -0.2) is 6.21 Å². The zero-order valence-electron chi connectivity index (χ0n) is 4.46. The molecule has 0 bridgehead atoms. The molecule has 0 N–H and O–H groups in total. The molecule has 1 aliphatic rings. The van der Waals surface area contributed by atoms with E-state index < -0.39 is 0 Å². The number of allylic oxidation sites excluding steroid dienone is 1. The number of aliphatic imine (C=N–C) groups is 1. The lowest BCUT2D eigenvalue weighted by molar-refractivity contribution is 0.796. The fourth-order valence-corrected chi connectivity index (χ4v) is 0.594. The molecular formula is C6H9N. The third kappa shape index (κ3) is 1.15. The highest BCUT2D eigenvalue weighted by molar-refractivity contribution is 5.62. The molecule has 0 aromatic rings. The maximum atomic E-state index is 3.95. The fourth-order valence-electron chi connectivity index (χ4n) is 0.594. The van der Waals surface area contributed by atoms with Crippen LogP contribution in [0.1, 0.15) is 13.3 Å². The molecule has 0 radical (unpaired) electrons. The maximum Gasteiger partial charge on any atom is 0.0224 e. The first-order valence-corrected chi connectivity index (χ1v) is 2.58. The molecule has 1 atom stereocenters. The summed E-state index contributed by atoms with van der Waals surface area (Å²) in [6.07, 6.45) is 7.06. The van der Waals surface area contributed by atoms with Crippen molar-refractivity contribution in [2.75, 3.05) is 0 Å². The molecule has 38 valence electrons. The molecule has 1 heteroatoms. The van der Waals surface area contributed by atoms with E-state index in [9.17, 15) is 0 Å². The van der Waals surface area contributed by atoms with Crippen LogP contribution in [-0.2, 0) is 0 Å². The molecule has 0 spiro atoms. The molecule has 0 saturated heterocycles. The van der Waals surface area contributed by atoms with Gasteiger partial charge in [-0.3, -0.25) is 4.99 Å². The maximum absolute atomic E-state index is 3.95. The molecule has 0 unspecified atom stereocenters. The van der Waals surface area contributed by atoms with Gasteiger partial charge in [0.05, 0.1) is 0 Å². The molecule has 1 heterocycles. The summed E-state index contributed by atoms with van der Waals surface area (Å²) in [7, 11) is 0. The highest BCUT2D eigenvalue weighted by Crippen LogP contribution is 2.03. The van der Waals surface area contributed by atoms with Crippen LogP contribution in [0.5, 0.6) is 0 Å². The van der Waals surface area contributed by atoms with Gasteiger partial charge < -0.3 is 0 Å². The Morgan fingerprint density at radius 1 is 1.71 bits per heavy atom. The molecule has 0 aliphatic carbocycles. The first kappa shape index (κ1) is 4.57. The van der Waals surface area contributed by atoms with Crippen molar-refractivity contribution in [3.63, 3.8) is 0 Å². The minimum Gasteiger partial charge on any atom is -0.269 e. The average Bonchev–Trinajstić information content (AvgIpc) is 1.69. The van der Waals surface area contributed by atoms with Gasteiger partial charge in [0.1, 0.15) is 0 Å². The average molecular weight is 95.1 g/mol. The summed E-state index contributed by atoms with van der Waals surface area (Å²) in [6.45, 7) is 2.16. The standard InChI is InChI=1S/C6H9N/c1-6-3-2-4-7-5-6/h2,4-6H,3H2,1H3/t6-/m1/s1. The minimum absolute atomic E-state index is 0.657. The lowest BCUT2D eigenvalue weighted by atomic mass is 10.1. The Morgan fingerprint density at radius 2 is 2.57 bits per heavy atom. The van der Waals surface area contributed by atoms with E-state index in [0.717, 1.165) is 6.42 Å². The Balaban J connectivity index is 2.49. The van der Waals surface area contributed by atoms with Crippen LogP contribution >= 0.6 is 0 Å². The van der Waals surface area contributed by atoms with E-state index in [2.05, 4.69) is 18.0 Å². The van der Waals surface area contributed by atoms with Crippen molar-refractivity contribution >= 4 is 6.21 Å². The fraction of sp³-hybridized carbons (Fsp3) is 0.500. The summed E-state index contributed by atoms with van der Waals surface area (Å²) in [5.41, 5.74) is 0. The first-order valence-electron chi connectivity index (χ1n) is 2.58. The number of rotatable bonds is 0. The van der Waals surface area contributed by atoms with Gasteiger partial charge in [-0.05, 0) is 12.3 Å². The summed E-state index contributed by atoms with van der Waals surface area (Å²) in [6, 6.07) is 0. The Labute approximate surface area is 43.8 Å². The molecule has 1 nitrogen and oxygen atoms in total. The Morgan fingerprint density at radius 3 is 2.86 bits per heavy atom. The zero-order valence-corrected chi connectivity index (χ0v) is 4.46. The Kier molecular flexibility index (Phi) is 1.25. The zero-order chi connectivity index (χ0) is 5.11. The van der Waals surface area contributed by atoms with E-state index in [4.69, 9.17) is 0 Å². The van der Waals surface area contributed by atoms with Gasteiger partial charge in [0.2, 0.25) is 0 Å². The molecule has 0 amide bonds. The predicted octanol–water partition coefficient (Wildman–Crippen LogP) is 1.61. The van der Waals surface area contributed by atoms with E-state index in [1.165, 1.54) is 0 Å². The largest absolute Gasteiger partial charge is 0.269 e. The highest BCUT2D eigenvalue weighted by Gasteiger charge is 1.94. The number of hydrogen-bond donors (Lipinski definition) is 0. The van der Waals surface area contributed by atoms with Crippen LogP contribution in [0.3, 0.4) is 0 Å². The van der Waals surface area contributed by atoms with Crippen LogP contribution in [0.2, 0.25) is 0 Å². The minimum atomic E-state index is 0.657. The molecule has 1 rings (SSSR count). The number of nitrogens with zero attached hydrogens (tertiary/aromatic N) is 1. The monoisotopic (exact) mass is 95.1 g/mol. The number of hydrogen-bond acceptors (Lipinski definition) is 1. The normalized spacial score (nSPS) is 28.4. The van der Waals surface area contributed by atoms with Crippen molar-refractivity contribution in [1.29, 1.82) is 0 Å². The Bertz CT molecular complexity index is 103. The van der Waals surface area contributed by atoms with Gasteiger partial charge >= 0.3 is 0 Å². The van der Waals surface area contributed by atoms with Gasteiger partial charge in [-0.15, -0.1) is 0 Å². The molecular weight excluding hydrogens is 86.1 g/mol. The second-order valence-electron chi connectivity index (χ2n) is 1.90. The van der Waals surface area contributed by atoms with Gasteiger partial charge in [-0.2, -0.15) is 0 Å². The van der Waals surface area contributed by atoms with Gasteiger partial charge in [0, 0.05) is 12.4 Å². The van der Waals surface area contributed by atoms with Crippen LogP contribution in [0, 0.1) is 5.92 Å². The summed E-state index contributed by atoms with van der Waals surface area (Å²) >= 11 is 0. The van der Waals surface area contributed by atoms with E-state index in [0.29, 0.717) is 5.92 Å². The second-order valence-corrected chi connectivity index (χ2v) is 1.90. The van der Waals surface area contributed by atoms with Gasteiger partial charge in [-0.25, -0.2) is 0 Å². The van der Waals surface area contributed by atoms with Crippen molar-refractivity contribution in [2.45, 2.75) is 13.3 Å². The molecule has 0 aromatic carbocycles. The first-order chi connectivity index (χ1) is 3.39. The molecule has 0 aromatic heterocycles. The molecule has 0 fully saturated rings. The van der Waals surface area contributed by atoms with Crippen molar-refractivity contribution in [3.05, 3.63) is 12.3 Å². The lowest BCUT2D eigenvalue weighted by Crippen LogP contribution is -1.95. The van der Waals surface area contributed by atoms with Gasteiger partial charge in [-0.1, -0.05) is 13.0 Å². The van der Waals surface area contributed by atoms with Crippen LogP contribution in [0.15, 0.2) is 17.3 Å². The molecule has 0 saturated carbocycles. The Hall–Kier alpha value is -0.590. The van der Waals surface area contributed by atoms with E-state index in [1.807, 2.05) is 12.4 Å². The summed E-state index contributed by atoms with van der Waals surface area (Å²) in [5.74, 6) is 0.657. The van der Waals surface area contributed by atoms with E-state index in [-0.39, 0.29) is 0 Å². The lowest BCUT2D eigenvalue weighted by Gasteiger charge is -2.01. The summed E-state index contributed by atoms with van der Waals surface area (Å²) < 4.78 is 0. The van der Waals surface area contributed by atoms with Crippen molar-refractivity contribution in [2.24, 2.45) is 10.9 Å². The topological polar surface area (TPSA) is 12.4 Å². The predicted molar refractivity (Wildman–Crippen MR) is 31.4 cm³/mol. The SMILES string of the molecule is C[C@H]1C=NC=CC1. The quantitative estimate of drug-likeness (QED) is 0.433. The second kappa shape index (κ2) is 1.92. The van der Waals surface area contributed by atoms with Crippen molar-refractivity contribution in [3.8, 4) is 0 Å². The van der Waals surface area contributed by atoms with Gasteiger partial charge in [0.15, 0.2) is 0 Å². The highest BCUT2D eigenvalue weighted by atomic mass is 14.7. The summed E-state index contributed by atoms with van der Waals surface area (Å²) in [5, 5.41) is 0. The third-order valence-electron chi connectivity index (χ3n) is 1.04. The van der Waals surface area contributed by atoms with Crippen LogP contribution in [0.25, 0.3) is 0 Å². The smallest absolute Gasteiger partial charge is 0.0224 e. The third-order valence-corrected chi connectivity index (χ3v) is 1.04. The van der Waals surface area contributed by atoms with Crippen LogP contribution < -0.4 is 0 Å². The van der Waals surface area contributed by atoms with Crippen LogP contribution in [0.4, 0.5) is 0 Å². The summed E-state index contributed by atoms with van der Waals surface area (Å²) in [4.78, 5) is 3.95. The van der Waals surface area contributed by atoms with Gasteiger partial charge in [0.25, 0.3) is 0 Å². The van der Waals surface area contributed by atoms with Crippen molar-refractivity contribution in [1.82, 2.24) is 0 Å². The molecule has 7 heavy (non-hydrogen) atoms.